The normalized spacial score (nSPS) is 12.1. The molecule has 0 amide bonds. The van der Waals surface area contributed by atoms with E-state index in [4.69, 9.17) is 9.47 Å². The summed E-state index contributed by atoms with van der Waals surface area (Å²) in [7, 11) is 2.97. The first-order valence-electron chi connectivity index (χ1n) is 7.15. The number of hydrogen-bond donors (Lipinski definition) is 1. The predicted molar refractivity (Wildman–Crippen MR) is 83.4 cm³/mol. The van der Waals surface area contributed by atoms with Gasteiger partial charge in [-0.05, 0) is 12.8 Å². The first-order valence-corrected chi connectivity index (χ1v) is 7.15. The van der Waals surface area contributed by atoms with E-state index in [-0.39, 0.29) is 11.7 Å². The lowest BCUT2D eigenvalue weighted by Gasteiger charge is -2.24. The van der Waals surface area contributed by atoms with Crippen molar-refractivity contribution in [2.24, 2.45) is 5.92 Å². The Bertz CT molecular complexity index is 487. The molecule has 6 nitrogen and oxygen atoms in total. The van der Waals surface area contributed by atoms with Crippen molar-refractivity contribution in [1.82, 2.24) is 0 Å². The van der Waals surface area contributed by atoms with Crippen molar-refractivity contribution in [1.29, 1.82) is 0 Å². The molecule has 0 radical (unpaired) electrons. The highest BCUT2D eigenvalue weighted by molar-refractivity contribution is 5.68. The molecule has 1 N–H and O–H groups in total. The fraction of sp³-hybridized carbons (Fsp3) is 0.600. The maximum absolute atomic E-state index is 11.2. The van der Waals surface area contributed by atoms with Crippen LogP contribution in [0.25, 0.3) is 0 Å². The average molecular weight is 296 g/mol. The Kier molecular flexibility index (Phi) is 6.27. The maximum atomic E-state index is 11.2. The van der Waals surface area contributed by atoms with E-state index >= 15 is 0 Å². The third kappa shape index (κ3) is 4.00. The summed E-state index contributed by atoms with van der Waals surface area (Å²) in [4.78, 5) is 10.8. The Morgan fingerprint density at radius 1 is 1.19 bits per heavy atom. The highest BCUT2D eigenvalue weighted by Crippen LogP contribution is 2.38. The van der Waals surface area contributed by atoms with Crippen LogP contribution >= 0.6 is 0 Å². The molecule has 118 valence electrons. The largest absolute Gasteiger partial charge is 0.493 e. The van der Waals surface area contributed by atoms with Gasteiger partial charge in [0.05, 0.1) is 25.2 Å². The molecule has 0 aliphatic rings. The van der Waals surface area contributed by atoms with Crippen LogP contribution in [0.1, 0.15) is 33.6 Å². The smallest absolute Gasteiger partial charge is 0.296 e. The van der Waals surface area contributed by atoms with Crippen LogP contribution < -0.4 is 14.8 Å². The summed E-state index contributed by atoms with van der Waals surface area (Å²) in [5.74, 6) is 1.28. The number of nitro benzene ring substituents is 1. The summed E-state index contributed by atoms with van der Waals surface area (Å²) in [6.07, 6.45) is 2.04. The van der Waals surface area contributed by atoms with Crippen LogP contribution in [0.3, 0.4) is 0 Å². The molecule has 1 aromatic carbocycles. The van der Waals surface area contributed by atoms with E-state index in [1.807, 2.05) is 6.92 Å². The number of anilines is 1. The van der Waals surface area contributed by atoms with Crippen molar-refractivity contribution in [3.8, 4) is 11.5 Å². The van der Waals surface area contributed by atoms with Crippen LogP contribution in [-0.2, 0) is 0 Å². The van der Waals surface area contributed by atoms with Crippen LogP contribution in [-0.4, -0.2) is 25.2 Å². The lowest BCUT2D eigenvalue weighted by atomic mass is 9.95. The van der Waals surface area contributed by atoms with E-state index in [1.54, 1.807) is 6.07 Å². The van der Waals surface area contributed by atoms with Crippen LogP contribution in [0.5, 0.6) is 11.5 Å². The number of benzene rings is 1. The first kappa shape index (κ1) is 17.1. The van der Waals surface area contributed by atoms with E-state index in [1.165, 1.54) is 20.3 Å². The topological polar surface area (TPSA) is 73.6 Å². The van der Waals surface area contributed by atoms with Crippen molar-refractivity contribution < 1.29 is 14.4 Å². The summed E-state index contributed by atoms with van der Waals surface area (Å²) >= 11 is 0. The summed E-state index contributed by atoms with van der Waals surface area (Å²) in [6.45, 7) is 6.28. The van der Waals surface area contributed by atoms with Crippen LogP contribution in [0.2, 0.25) is 0 Å². The number of nitrogens with one attached hydrogen (secondary N) is 1. The van der Waals surface area contributed by atoms with Crippen molar-refractivity contribution in [2.45, 2.75) is 39.7 Å². The minimum absolute atomic E-state index is 0.00884. The van der Waals surface area contributed by atoms with Gasteiger partial charge in [0.25, 0.3) is 5.69 Å². The molecule has 6 heteroatoms. The summed E-state index contributed by atoms with van der Waals surface area (Å²) < 4.78 is 10.3. The standard InChI is InChI=1S/C15H24N2O4/c1-6-11(7-2)10(3)16-12-8-14(20-4)15(21-5)9-13(12)17(18)19/h8-11,16H,6-7H2,1-5H3. The summed E-state index contributed by atoms with van der Waals surface area (Å²) in [5.41, 5.74) is 0.447. The molecular weight excluding hydrogens is 272 g/mol. The van der Waals surface area contributed by atoms with Crippen molar-refractivity contribution >= 4 is 11.4 Å². The second-order valence-electron chi connectivity index (χ2n) is 4.99. The molecular formula is C15H24N2O4. The molecule has 0 fully saturated rings. The van der Waals surface area contributed by atoms with Gasteiger partial charge in [0.15, 0.2) is 11.5 Å². The monoisotopic (exact) mass is 296 g/mol. The van der Waals surface area contributed by atoms with E-state index in [0.717, 1.165) is 12.8 Å². The highest BCUT2D eigenvalue weighted by Gasteiger charge is 2.22. The van der Waals surface area contributed by atoms with Gasteiger partial charge in [-0.3, -0.25) is 10.1 Å². The van der Waals surface area contributed by atoms with Gasteiger partial charge in [0, 0.05) is 12.1 Å². The zero-order valence-electron chi connectivity index (χ0n) is 13.3. The molecule has 0 saturated heterocycles. The van der Waals surface area contributed by atoms with Gasteiger partial charge >= 0.3 is 0 Å². The summed E-state index contributed by atoms with van der Waals surface area (Å²) in [6, 6.07) is 3.15. The molecule has 0 bridgehead atoms. The molecule has 0 aliphatic carbocycles. The number of ether oxygens (including phenoxy) is 2. The lowest BCUT2D eigenvalue weighted by molar-refractivity contribution is -0.384. The number of nitro groups is 1. The Balaban J connectivity index is 3.17. The average Bonchev–Trinajstić information content (AvgIpc) is 2.47. The molecule has 1 atom stereocenters. The Morgan fingerprint density at radius 3 is 2.14 bits per heavy atom. The highest BCUT2D eigenvalue weighted by atomic mass is 16.6. The fourth-order valence-corrected chi connectivity index (χ4v) is 2.49. The molecule has 1 aromatic rings. The minimum atomic E-state index is -0.413. The van der Waals surface area contributed by atoms with Crippen molar-refractivity contribution in [2.75, 3.05) is 19.5 Å². The van der Waals surface area contributed by atoms with Crippen molar-refractivity contribution in [3.05, 3.63) is 22.2 Å². The Morgan fingerprint density at radius 2 is 1.71 bits per heavy atom. The molecule has 0 spiro atoms. The molecule has 0 aromatic heterocycles. The van der Waals surface area contributed by atoms with Gasteiger partial charge in [0.2, 0.25) is 0 Å². The molecule has 1 unspecified atom stereocenters. The molecule has 0 aliphatic heterocycles. The van der Waals surface area contributed by atoms with Gasteiger partial charge in [-0.15, -0.1) is 0 Å². The van der Waals surface area contributed by atoms with E-state index in [0.29, 0.717) is 23.1 Å². The van der Waals surface area contributed by atoms with Gasteiger partial charge in [-0.2, -0.15) is 0 Å². The van der Waals surface area contributed by atoms with Crippen molar-refractivity contribution in [3.63, 3.8) is 0 Å². The number of methoxy groups -OCH3 is 2. The van der Waals surface area contributed by atoms with E-state index in [2.05, 4.69) is 19.2 Å². The second kappa shape index (κ2) is 7.71. The van der Waals surface area contributed by atoms with E-state index in [9.17, 15) is 10.1 Å². The number of nitrogens with zero attached hydrogens (tertiary/aromatic N) is 1. The third-order valence-electron chi connectivity index (χ3n) is 3.84. The number of rotatable bonds is 8. The molecule has 0 saturated carbocycles. The first-order chi connectivity index (χ1) is 9.98. The van der Waals surface area contributed by atoms with Gasteiger partial charge < -0.3 is 14.8 Å². The third-order valence-corrected chi connectivity index (χ3v) is 3.84. The zero-order chi connectivity index (χ0) is 16.0. The van der Waals surface area contributed by atoms with E-state index < -0.39 is 4.92 Å². The quantitative estimate of drug-likeness (QED) is 0.582. The maximum Gasteiger partial charge on any atom is 0.296 e. The Hall–Kier alpha value is -1.98. The Labute approximate surface area is 125 Å². The number of hydrogen-bond acceptors (Lipinski definition) is 5. The van der Waals surface area contributed by atoms with Gasteiger partial charge in [0.1, 0.15) is 5.69 Å². The van der Waals surface area contributed by atoms with Crippen LogP contribution in [0.4, 0.5) is 11.4 Å². The lowest BCUT2D eigenvalue weighted by Crippen LogP contribution is -2.25. The van der Waals surface area contributed by atoms with Crippen LogP contribution in [0, 0.1) is 16.0 Å². The van der Waals surface area contributed by atoms with Gasteiger partial charge in [-0.1, -0.05) is 26.7 Å². The van der Waals surface area contributed by atoms with Crippen LogP contribution in [0.15, 0.2) is 12.1 Å². The molecule has 0 heterocycles. The SMILES string of the molecule is CCC(CC)C(C)Nc1cc(OC)c(OC)cc1[N+](=O)[O-]. The second-order valence-corrected chi connectivity index (χ2v) is 4.99. The minimum Gasteiger partial charge on any atom is -0.493 e. The molecule has 1 rings (SSSR count). The predicted octanol–water partition coefficient (Wildman–Crippen LogP) is 3.85. The summed E-state index contributed by atoms with van der Waals surface area (Å²) in [5, 5.41) is 14.5. The zero-order valence-corrected chi connectivity index (χ0v) is 13.3. The van der Waals surface area contributed by atoms with Gasteiger partial charge in [-0.25, -0.2) is 0 Å². The fourth-order valence-electron chi connectivity index (χ4n) is 2.49. The molecule has 21 heavy (non-hydrogen) atoms.